The molecule has 0 saturated heterocycles. The van der Waals surface area contributed by atoms with Crippen molar-refractivity contribution in [3.05, 3.63) is 83.4 Å². The zero-order valence-corrected chi connectivity index (χ0v) is 14.8. The monoisotopic (exact) mass is 347 g/mol. The highest BCUT2D eigenvalue weighted by molar-refractivity contribution is 6.10. The Hall–Kier alpha value is -3.47. The van der Waals surface area contributed by atoms with Gasteiger partial charge in [-0.1, -0.05) is 60.7 Å². The Morgan fingerprint density at radius 3 is 2.15 bits per heavy atom. The zero-order chi connectivity index (χ0) is 18.9. The third-order valence-corrected chi connectivity index (χ3v) is 3.57. The third-order valence-electron chi connectivity index (χ3n) is 3.57. The molecule has 0 spiro atoms. The van der Waals surface area contributed by atoms with Gasteiger partial charge in [-0.05, 0) is 36.6 Å². The lowest BCUT2D eigenvalue weighted by Gasteiger charge is -2.04. The minimum atomic E-state index is -0.504. The molecule has 2 rings (SSSR count). The topological polar surface area (TPSA) is 84.6 Å². The number of rotatable bonds is 4. The number of hydrogen-bond acceptors (Lipinski definition) is 2. The lowest BCUT2D eigenvalue weighted by atomic mass is 10.1. The zero-order valence-electron chi connectivity index (χ0n) is 14.8. The minimum Gasteiger partial charge on any atom is -0.369 e. The largest absolute Gasteiger partial charge is 0.369 e. The number of nitrogens with one attached hydrogen (secondary N) is 1. The molecule has 0 bridgehead atoms. The summed E-state index contributed by atoms with van der Waals surface area (Å²) in [4.78, 5) is 27.8. The Bertz CT molecular complexity index is 867. The van der Waals surface area contributed by atoms with Gasteiger partial charge in [0.05, 0.1) is 0 Å². The summed E-state index contributed by atoms with van der Waals surface area (Å²) in [5, 5.41) is 2.39. The maximum absolute atomic E-state index is 12.1. The van der Waals surface area contributed by atoms with Crippen LogP contribution < -0.4 is 11.1 Å². The molecule has 2 aromatic carbocycles. The summed E-state index contributed by atoms with van der Waals surface area (Å²) in [5.41, 5.74) is 8.68. The van der Waals surface area contributed by atoms with E-state index in [4.69, 9.17) is 5.73 Å². The summed E-state index contributed by atoms with van der Waals surface area (Å²) in [6.07, 6.45) is 3.12. The second kappa shape index (κ2) is 9.13. The van der Waals surface area contributed by atoms with Gasteiger partial charge in [0.25, 0.3) is 11.8 Å². The fourth-order valence-electron chi connectivity index (χ4n) is 2.23. The quantitative estimate of drug-likeness (QED) is 0.506. The molecule has 0 unspecified atom stereocenters. The van der Waals surface area contributed by atoms with Crippen LogP contribution in [0.3, 0.4) is 0 Å². The summed E-state index contributed by atoms with van der Waals surface area (Å²) in [5.74, 6) is -1.18. The number of hydrogen-bond donors (Lipinski definition) is 2. The van der Waals surface area contributed by atoms with Gasteiger partial charge in [-0.3, -0.25) is 14.9 Å². The van der Waals surface area contributed by atoms with Crippen LogP contribution in [0.4, 0.5) is 0 Å². The van der Waals surface area contributed by atoms with E-state index in [9.17, 15) is 9.59 Å². The van der Waals surface area contributed by atoms with Gasteiger partial charge < -0.3 is 5.73 Å². The summed E-state index contributed by atoms with van der Waals surface area (Å²) in [7, 11) is 0. The fourth-order valence-corrected chi connectivity index (χ4v) is 2.23. The number of carbonyl (C=O) groups excluding carboxylic acids is 2. The first-order chi connectivity index (χ1) is 12.5. The third kappa shape index (κ3) is 5.87. The van der Waals surface area contributed by atoms with E-state index in [1.54, 1.807) is 13.0 Å². The van der Waals surface area contributed by atoms with Gasteiger partial charge in [0.15, 0.2) is 0 Å². The predicted octanol–water partition coefficient (Wildman–Crippen LogP) is 3.15. The molecule has 132 valence electrons. The van der Waals surface area contributed by atoms with Crippen LogP contribution in [-0.4, -0.2) is 17.8 Å². The number of allylic oxidation sites excluding steroid dienone is 1. The Balaban J connectivity index is 2.02. The Morgan fingerprint density at radius 1 is 0.962 bits per heavy atom. The number of nitrogens with zero attached hydrogens (tertiary/aromatic N) is 1. The second-order valence-corrected chi connectivity index (χ2v) is 5.72. The van der Waals surface area contributed by atoms with Crippen LogP contribution in [0.5, 0.6) is 0 Å². The van der Waals surface area contributed by atoms with Crippen molar-refractivity contribution in [2.24, 2.45) is 10.7 Å². The van der Waals surface area contributed by atoms with E-state index in [1.807, 2.05) is 67.6 Å². The first kappa shape index (κ1) is 18.9. The van der Waals surface area contributed by atoms with Crippen LogP contribution in [0.15, 0.2) is 77.3 Å². The maximum Gasteiger partial charge on any atom is 0.275 e. The van der Waals surface area contributed by atoms with Gasteiger partial charge in [0.2, 0.25) is 5.96 Å². The average molecular weight is 347 g/mol. The molecule has 0 radical (unpaired) electrons. The lowest BCUT2D eigenvalue weighted by molar-refractivity contribution is -0.115. The summed E-state index contributed by atoms with van der Waals surface area (Å²) >= 11 is 0. The first-order valence-electron chi connectivity index (χ1n) is 8.12. The molecule has 0 aliphatic carbocycles. The normalized spacial score (nSPS) is 12.6. The molecule has 5 nitrogen and oxygen atoms in total. The molecule has 0 aliphatic rings. The lowest BCUT2D eigenvalue weighted by Crippen LogP contribution is -2.36. The van der Waals surface area contributed by atoms with E-state index in [0.29, 0.717) is 5.57 Å². The van der Waals surface area contributed by atoms with Crippen molar-refractivity contribution in [1.29, 1.82) is 0 Å². The molecule has 0 atom stereocenters. The van der Waals surface area contributed by atoms with E-state index >= 15 is 0 Å². The summed E-state index contributed by atoms with van der Waals surface area (Å²) in [6.45, 7) is 3.47. The first-order valence-corrected chi connectivity index (χ1v) is 8.12. The predicted molar refractivity (Wildman–Crippen MR) is 105 cm³/mol. The Kier molecular flexibility index (Phi) is 6.62. The second-order valence-electron chi connectivity index (χ2n) is 5.72. The molecular weight excluding hydrogens is 326 g/mol. The molecule has 3 N–H and O–H groups in total. The highest BCUT2D eigenvalue weighted by atomic mass is 16.2. The maximum atomic E-state index is 12.1. The molecule has 5 heteroatoms. The molecule has 26 heavy (non-hydrogen) atoms. The Morgan fingerprint density at radius 2 is 1.54 bits per heavy atom. The number of benzene rings is 2. The Labute approximate surface area is 153 Å². The van der Waals surface area contributed by atoms with Crippen molar-refractivity contribution >= 4 is 29.4 Å². The number of carbonyl (C=O) groups is 2. The smallest absolute Gasteiger partial charge is 0.275 e. The summed E-state index contributed by atoms with van der Waals surface area (Å²) < 4.78 is 0. The van der Waals surface area contributed by atoms with Gasteiger partial charge >= 0.3 is 0 Å². The molecule has 2 aromatic rings. The van der Waals surface area contributed by atoms with Crippen LogP contribution >= 0.6 is 0 Å². The standard InChI is InChI=1S/C21H21N3O2/c1-15(18-11-7-4-8-12-18)14-19(25)23-21(22)24-20(26)16(2)13-17-9-5-3-6-10-17/h3-14H,1-2H3,(H3,22,23,24,25,26)/b15-14+,16-13+. The van der Waals surface area contributed by atoms with Crippen molar-refractivity contribution in [3.8, 4) is 0 Å². The van der Waals surface area contributed by atoms with Crippen molar-refractivity contribution in [2.75, 3.05) is 0 Å². The highest BCUT2D eigenvalue weighted by Crippen LogP contribution is 2.12. The van der Waals surface area contributed by atoms with Gasteiger partial charge in [-0.2, -0.15) is 4.99 Å². The van der Waals surface area contributed by atoms with E-state index in [2.05, 4.69) is 10.3 Å². The molecular formula is C21H21N3O2. The average Bonchev–Trinajstić information content (AvgIpc) is 2.62. The van der Waals surface area contributed by atoms with Gasteiger partial charge in [0.1, 0.15) is 0 Å². The van der Waals surface area contributed by atoms with Crippen molar-refractivity contribution < 1.29 is 9.59 Å². The fraction of sp³-hybridized carbons (Fsp3) is 0.0952. The van der Waals surface area contributed by atoms with Crippen LogP contribution in [0.1, 0.15) is 25.0 Å². The van der Waals surface area contributed by atoms with Crippen LogP contribution in [0, 0.1) is 0 Å². The van der Waals surface area contributed by atoms with Gasteiger partial charge in [0, 0.05) is 11.6 Å². The van der Waals surface area contributed by atoms with E-state index in [0.717, 1.165) is 16.7 Å². The van der Waals surface area contributed by atoms with E-state index in [1.165, 1.54) is 6.08 Å². The highest BCUT2D eigenvalue weighted by Gasteiger charge is 2.07. The number of amides is 2. The minimum absolute atomic E-state index is 0.238. The molecule has 0 saturated carbocycles. The van der Waals surface area contributed by atoms with E-state index < -0.39 is 11.8 Å². The molecule has 2 amide bonds. The van der Waals surface area contributed by atoms with Gasteiger partial charge in [-0.25, -0.2) is 0 Å². The van der Waals surface area contributed by atoms with Crippen LogP contribution in [0.25, 0.3) is 11.6 Å². The molecule has 0 fully saturated rings. The van der Waals surface area contributed by atoms with E-state index in [-0.39, 0.29) is 5.96 Å². The van der Waals surface area contributed by atoms with Crippen LogP contribution in [0.2, 0.25) is 0 Å². The summed E-state index contributed by atoms with van der Waals surface area (Å²) in [6, 6.07) is 18.9. The SMILES string of the molecule is C/C(=C\c1ccccc1)C(=O)N=C(N)NC(=O)/C=C(\C)c1ccccc1. The number of nitrogens with two attached hydrogens (primary N) is 1. The van der Waals surface area contributed by atoms with Crippen molar-refractivity contribution in [1.82, 2.24) is 5.32 Å². The number of guanidine groups is 1. The molecule has 0 aliphatic heterocycles. The molecule has 0 aromatic heterocycles. The van der Waals surface area contributed by atoms with Crippen molar-refractivity contribution in [3.63, 3.8) is 0 Å². The van der Waals surface area contributed by atoms with Crippen LogP contribution in [-0.2, 0) is 9.59 Å². The van der Waals surface area contributed by atoms with Gasteiger partial charge in [-0.15, -0.1) is 0 Å². The van der Waals surface area contributed by atoms with Crippen molar-refractivity contribution in [2.45, 2.75) is 13.8 Å². The number of aliphatic imine (C=N–C) groups is 1. The molecule has 0 heterocycles.